The lowest BCUT2D eigenvalue weighted by atomic mass is 10.0. The summed E-state index contributed by atoms with van der Waals surface area (Å²) in [5, 5.41) is 3.37. The summed E-state index contributed by atoms with van der Waals surface area (Å²) in [4.78, 5) is 14.5. The lowest BCUT2D eigenvalue weighted by molar-refractivity contribution is -0.133. The Morgan fingerprint density at radius 3 is 2.50 bits per heavy atom. The predicted octanol–water partition coefficient (Wildman–Crippen LogP) is 2.83. The Morgan fingerprint density at radius 1 is 1.30 bits per heavy atom. The summed E-state index contributed by atoms with van der Waals surface area (Å²) >= 11 is 0. The molecule has 3 rings (SSSR count). The van der Waals surface area contributed by atoms with Crippen LogP contribution in [0.25, 0.3) is 0 Å². The van der Waals surface area contributed by atoms with Gasteiger partial charge in [0.25, 0.3) is 0 Å². The molecular formula is C16H21FN2O. The van der Waals surface area contributed by atoms with Gasteiger partial charge in [-0.05, 0) is 31.7 Å². The minimum Gasteiger partial charge on any atom is -0.318 e. The van der Waals surface area contributed by atoms with Crippen molar-refractivity contribution in [1.82, 2.24) is 10.2 Å². The fraction of sp³-hybridized carbons (Fsp3) is 0.562. The lowest BCUT2D eigenvalue weighted by Crippen LogP contribution is -2.41. The average molecular weight is 276 g/mol. The Hall–Kier alpha value is -1.42. The van der Waals surface area contributed by atoms with Crippen LogP contribution in [0.15, 0.2) is 24.3 Å². The molecule has 1 N–H and O–H groups in total. The van der Waals surface area contributed by atoms with Crippen LogP contribution in [0.3, 0.4) is 0 Å². The van der Waals surface area contributed by atoms with Crippen LogP contribution in [0.5, 0.6) is 0 Å². The zero-order valence-corrected chi connectivity index (χ0v) is 12.2. The van der Waals surface area contributed by atoms with E-state index in [9.17, 15) is 9.18 Å². The van der Waals surface area contributed by atoms with Gasteiger partial charge in [0, 0.05) is 11.6 Å². The van der Waals surface area contributed by atoms with E-state index in [0.29, 0.717) is 11.5 Å². The number of nitrogens with one attached hydrogen (secondary N) is 1. The standard InChI is InChI=1S/C16H21FN2O/c1-10(2)11(3)19-14(12-6-4-5-7-13(12)17)18-16(8-9-16)15(19)20/h4-7,10-11,14,18H,8-9H2,1-3H3. The van der Waals surface area contributed by atoms with E-state index >= 15 is 0 Å². The summed E-state index contributed by atoms with van der Waals surface area (Å²) in [6.07, 6.45) is 1.37. The van der Waals surface area contributed by atoms with Crippen molar-refractivity contribution in [3.8, 4) is 0 Å². The normalized spacial score (nSPS) is 25.6. The first-order chi connectivity index (χ1) is 9.46. The van der Waals surface area contributed by atoms with Gasteiger partial charge in [-0.3, -0.25) is 10.1 Å². The van der Waals surface area contributed by atoms with Crippen molar-refractivity contribution < 1.29 is 9.18 Å². The van der Waals surface area contributed by atoms with E-state index < -0.39 is 5.54 Å². The second-order valence-electron chi connectivity index (χ2n) is 6.35. The Labute approximate surface area is 119 Å². The molecule has 2 aliphatic rings. The van der Waals surface area contributed by atoms with Gasteiger partial charge in [0.05, 0.1) is 0 Å². The third-order valence-electron chi connectivity index (χ3n) is 4.69. The Morgan fingerprint density at radius 2 is 1.95 bits per heavy atom. The number of benzene rings is 1. The van der Waals surface area contributed by atoms with Gasteiger partial charge >= 0.3 is 0 Å². The van der Waals surface area contributed by atoms with Crippen molar-refractivity contribution in [3.63, 3.8) is 0 Å². The molecule has 1 saturated carbocycles. The van der Waals surface area contributed by atoms with Gasteiger partial charge in [-0.25, -0.2) is 4.39 Å². The third kappa shape index (κ3) is 1.94. The second-order valence-corrected chi connectivity index (χ2v) is 6.35. The van der Waals surface area contributed by atoms with E-state index in [1.54, 1.807) is 12.1 Å². The van der Waals surface area contributed by atoms with Crippen molar-refractivity contribution in [2.75, 3.05) is 0 Å². The molecule has 4 heteroatoms. The molecule has 0 aromatic heterocycles. The Bertz CT molecular complexity index is 539. The molecule has 1 saturated heterocycles. The molecule has 1 heterocycles. The first kappa shape index (κ1) is 13.6. The van der Waals surface area contributed by atoms with E-state index in [2.05, 4.69) is 19.2 Å². The van der Waals surface area contributed by atoms with Crippen LogP contribution in [-0.2, 0) is 4.79 Å². The van der Waals surface area contributed by atoms with Crippen molar-refractivity contribution in [2.24, 2.45) is 5.92 Å². The van der Waals surface area contributed by atoms with Gasteiger partial charge in [0.2, 0.25) is 5.91 Å². The minimum atomic E-state index is -0.421. The average Bonchev–Trinajstić information content (AvgIpc) is 3.13. The summed E-state index contributed by atoms with van der Waals surface area (Å²) in [7, 11) is 0. The van der Waals surface area contributed by atoms with Crippen LogP contribution >= 0.6 is 0 Å². The number of rotatable bonds is 3. The molecule has 0 bridgehead atoms. The van der Waals surface area contributed by atoms with Crippen LogP contribution in [0.2, 0.25) is 0 Å². The molecule has 1 aliphatic carbocycles. The first-order valence-electron chi connectivity index (χ1n) is 7.31. The highest BCUT2D eigenvalue weighted by Crippen LogP contribution is 2.47. The summed E-state index contributed by atoms with van der Waals surface area (Å²) in [5.41, 5.74) is 0.146. The molecule has 108 valence electrons. The SMILES string of the molecule is CC(C)C(C)N1C(=O)C2(CC2)NC1c1ccccc1F. The Balaban J connectivity index is 2.00. The number of nitrogens with zero attached hydrogens (tertiary/aromatic N) is 1. The van der Waals surface area contributed by atoms with Crippen molar-refractivity contribution in [3.05, 3.63) is 35.6 Å². The lowest BCUT2D eigenvalue weighted by Gasteiger charge is -2.33. The number of hydrogen-bond donors (Lipinski definition) is 1. The topological polar surface area (TPSA) is 32.3 Å². The van der Waals surface area contributed by atoms with Gasteiger partial charge in [-0.2, -0.15) is 0 Å². The fourth-order valence-electron chi connectivity index (χ4n) is 2.91. The van der Waals surface area contributed by atoms with E-state index in [0.717, 1.165) is 12.8 Å². The monoisotopic (exact) mass is 276 g/mol. The molecule has 1 aliphatic heterocycles. The summed E-state index contributed by atoms with van der Waals surface area (Å²) in [5.74, 6) is 0.215. The van der Waals surface area contributed by atoms with E-state index in [4.69, 9.17) is 0 Å². The molecule has 0 radical (unpaired) electrons. The van der Waals surface area contributed by atoms with Crippen molar-refractivity contribution in [2.45, 2.75) is 51.4 Å². The van der Waals surface area contributed by atoms with E-state index in [-0.39, 0.29) is 23.9 Å². The highest BCUT2D eigenvalue weighted by molar-refractivity contribution is 5.92. The Kier molecular flexibility index (Phi) is 3.09. The summed E-state index contributed by atoms with van der Waals surface area (Å²) in [6, 6.07) is 6.80. The van der Waals surface area contributed by atoms with Gasteiger partial charge in [-0.1, -0.05) is 32.0 Å². The molecule has 20 heavy (non-hydrogen) atoms. The quantitative estimate of drug-likeness (QED) is 0.920. The number of carbonyl (C=O) groups excluding carboxylic acids is 1. The third-order valence-corrected chi connectivity index (χ3v) is 4.69. The molecule has 2 atom stereocenters. The second kappa shape index (κ2) is 4.55. The highest BCUT2D eigenvalue weighted by atomic mass is 19.1. The van der Waals surface area contributed by atoms with Crippen LogP contribution in [0.4, 0.5) is 4.39 Å². The van der Waals surface area contributed by atoms with Crippen molar-refractivity contribution in [1.29, 1.82) is 0 Å². The number of carbonyl (C=O) groups is 1. The maximum absolute atomic E-state index is 14.1. The van der Waals surface area contributed by atoms with Gasteiger partial charge in [0.15, 0.2) is 0 Å². The van der Waals surface area contributed by atoms with E-state index in [1.807, 2.05) is 17.9 Å². The summed E-state index contributed by atoms with van der Waals surface area (Å²) in [6.45, 7) is 6.22. The maximum Gasteiger partial charge on any atom is 0.244 e. The van der Waals surface area contributed by atoms with Gasteiger partial charge < -0.3 is 4.90 Å². The molecular weight excluding hydrogens is 255 g/mol. The van der Waals surface area contributed by atoms with Crippen molar-refractivity contribution >= 4 is 5.91 Å². The highest BCUT2D eigenvalue weighted by Gasteiger charge is 2.60. The number of hydrogen-bond acceptors (Lipinski definition) is 2. The van der Waals surface area contributed by atoms with Gasteiger partial charge in [0.1, 0.15) is 17.5 Å². The zero-order valence-electron chi connectivity index (χ0n) is 12.2. The number of amides is 1. The molecule has 2 unspecified atom stereocenters. The minimum absolute atomic E-state index is 0.0829. The van der Waals surface area contributed by atoms with Crippen LogP contribution < -0.4 is 5.32 Å². The number of halogens is 1. The molecule has 1 aromatic rings. The molecule has 3 nitrogen and oxygen atoms in total. The smallest absolute Gasteiger partial charge is 0.244 e. The fourth-order valence-corrected chi connectivity index (χ4v) is 2.91. The van der Waals surface area contributed by atoms with Gasteiger partial charge in [-0.15, -0.1) is 0 Å². The molecule has 2 fully saturated rings. The predicted molar refractivity (Wildman–Crippen MR) is 75.4 cm³/mol. The molecule has 1 aromatic carbocycles. The van der Waals surface area contributed by atoms with Crippen LogP contribution in [0.1, 0.15) is 45.3 Å². The van der Waals surface area contributed by atoms with E-state index in [1.165, 1.54) is 6.07 Å². The van der Waals surface area contributed by atoms with Crippen LogP contribution in [-0.4, -0.2) is 22.4 Å². The van der Waals surface area contributed by atoms with Crippen LogP contribution in [0, 0.1) is 11.7 Å². The first-order valence-corrected chi connectivity index (χ1v) is 7.31. The molecule has 1 spiro atoms. The molecule has 1 amide bonds. The zero-order chi connectivity index (χ0) is 14.5. The summed E-state index contributed by atoms with van der Waals surface area (Å²) < 4.78 is 14.1. The maximum atomic E-state index is 14.1. The largest absolute Gasteiger partial charge is 0.318 e.